The molecule has 1 N–H and O–H groups in total. The van der Waals surface area contributed by atoms with Crippen molar-refractivity contribution < 1.29 is 14.1 Å². The summed E-state index contributed by atoms with van der Waals surface area (Å²) < 4.78 is 14.1. The van der Waals surface area contributed by atoms with E-state index in [0.717, 1.165) is 28.2 Å². The number of nitrogens with zero attached hydrogens (tertiary/aromatic N) is 1. The van der Waals surface area contributed by atoms with E-state index in [1.54, 1.807) is 25.1 Å². The zero-order chi connectivity index (χ0) is 15.6. The number of nitrogens with one attached hydrogen (secondary N) is 1. The molecule has 7 heteroatoms. The molecule has 0 radical (unpaired) electrons. The van der Waals surface area contributed by atoms with Crippen LogP contribution in [-0.2, 0) is 0 Å². The number of aryl methyl sites for hydroxylation is 1. The van der Waals surface area contributed by atoms with Crippen LogP contribution in [-0.4, -0.2) is 10.8 Å². The smallest absolute Gasteiger partial charge is 0.282 e. The van der Waals surface area contributed by atoms with E-state index in [-0.39, 0.29) is 5.56 Å². The molecule has 0 spiro atoms. The maximum atomic E-state index is 13.2. The molecule has 0 aliphatic rings. The molecule has 5 nitrogen and oxygen atoms in total. The molecule has 0 aliphatic carbocycles. The van der Waals surface area contributed by atoms with Gasteiger partial charge in [-0.25, -0.2) is 4.39 Å². The Kier molecular flexibility index (Phi) is 4.32. The van der Waals surface area contributed by atoms with Crippen molar-refractivity contribution in [2.45, 2.75) is 6.92 Å². The molecule has 108 valence electrons. The maximum Gasteiger partial charge on any atom is 0.282 e. The molecule has 2 aromatic rings. The summed E-state index contributed by atoms with van der Waals surface area (Å²) in [5.41, 5.74) is 0.518. The van der Waals surface area contributed by atoms with Gasteiger partial charge < -0.3 is 5.32 Å². The Morgan fingerprint density at radius 3 is 2.62 bits per heavy atom. The van der Waals surface area contributed by atoms with Crippen molar-refractivity contribution in [1.29, 1.82) is 0 Å². The van der Waals surface area contributed by atoms with Crippen LogP contribution >= 0.6 is 15.9 Å². The van der Waals surface area contributed by atoms with Crippen molar-refractivity contribution in [3.05, 3.63) is 67.9 Å². The monoisotopic (exact) mass is 352 g/mol. The molecule has 2 rings (SSSR count). The first kappa shape index (κ1) is 15.1. The molecular formula is C14H10BrFN2O3. The third kappa shape index (κ3) is 3.43. The second kappa shape index (κ2) is 6.01. The predicted molar refractivity (Wildman–Crippen MR) is 79.9 cm³/mol. The number of halogens is 2. The van der Waals surface area contributed by atoms with E-state index in [2.05, 4.69) is 21.2 Å². The van der Waals surface area contributed by atoms with Crippen LogP contribution in [0.25, 0.3) is 0 Å². The van der Waals surface area contributed by atoms with Crippen LogP contribution in [0.15, 0.2) is 40.9 Å². The second-order valence-electron chi connectivity index (χ2n) is 4.33. The molecule has 0 heterocycles. The Morgan fingerprint density at radius 1 is 1.29 bits per heavy atom. The topological polar surface area (TPSA) is 72.2 Å². The molecule has 21 heavy (non-hydrogen) atoms. The van der Waals surface area contributed by atoms with Crippen LogP contribution in [0, 0.1) is 22.9 Å². The fourth-order valence-electron chi connectivity index (χ4n) is 1.81. The van der Waals surface area contributed by atoms with Gasteiger partial charge in [0, 0.05) is 16.2 Å². The van der Waals surface area contributed by atoms with Gasteiger partial charge in [-0.05, 0) is 42.8 Å². The Hall–Kier alpha value is -2.28. The minimum atomic E-state index is -0.730. The number of rotatable bonds is 3. The predicted octanol–water partition coefficient (Wildman–Crippen LogP) is 4.06. The molecule has 0 saturated carbocycles. The van der Waals surface area contributed by atoms with Crippen LogP contribution in [0.4, 0.5) is 15.8 Å². The molecule has 0 bridgehead atoms. The van der Waals surface area contributed by atoms with Crippen molar-refractivity contribution in [2.75, 3.05) is 5.32 Å². The lowest BCUT2D eigenvalue weighted by atomic mass is 10.1. The number of hydrogen-bond donors (Lipinski definition) is 1. The molecular weight excluding hydrogens is 343 g/mol. The average molecular weight is 353 g/mol. The molecule has 0 unspecified atom stereocenters. The van der Waals surface area contributed by atoms with E-state index in [1.165, 1.54) is 0 Å². The standard InChI is InChI=1S/C14H10BrFN2O3/c1-8-6-9(15)2-4-12(8)17-14(19)11-7-10(16)3-5-13(11)18(20)21/h2-7H,1H3,(H,17,19). The van der Waals surface area contributed by atoms with Crippen molar-refractivity contribution in [1.82, 2.24) is 0 Å². The summed E-state index contributed by atoms with van der Waals surface area (Å²) >= 11 is 3.30. The zero-order valence-corrected chi connectivity index (χ0v) is 12.5. The minimum absolute atomic E-state index is 0.317. The van der Waals surface area contributed by atoms with Gasteiger partial charge in [0.15, 0.2) is 0 Å². The van der Waals surface area contributed by atoms with Crippen LogP contribution in [0.2, 0.25) is 0 Å². The molecule has 0 saturated heterocycles. The SMILES string of the molecule is Cc1cc(Br)ccc1NC(=O)c1cc(F)ccc1[N+](=O)[O-]. The lowest BCUT2D eigenvalue weighted by Gasteiger charge is -2.09. The van der Waals surface area contributed by atoms with Crippen LogP contribution < -0.4 is 5.32 Å². The van der Waals surface area contributed by atoms with Gasteiger partial charge in [0.2, 0.25) is 0 Å². The molecule has 0 fully saturated rings. The Labute approximate surface area is 128 Å². The largest absolute Gasteiger partial charge is 0.322 e. The van der Waals surface area contributed by atoms with Gasteiger partial charge in [-0.1, -0.05) is 15.9 Å². The van der Waals surface area contributed by atoms with Gasteiger partial charge in [0.1, 0.15) is 11.4 Å². The quantitative estimate of drug-likeness (QED) is 0.668. The Balaban J connectivity index is 2.36. The van der Waals surface area contributed by atoms with Crippen LogP contribution in [0.1, 0.15) is 15.9 Å². The number of carbonyl (C=O) groups excluding carboxylic acids is 1. The van der Waals surface area contributed by atoms with Crippen molar-refractivity contribution in [3.8, 4) is 0 Å². The summed E-state index contributed by atoms with van der Waals surface area (Å²) in [4.78, 5) is 22.3. The lowest BCUT2D eigenvalue weighted by Crippen LogP contribution is -2.15. The fraction of sp³-hybridized carbons (Fsp3) is 0.0714. The fourth-order valence-corrected chi connectivity index (χ4v) is 2.28. The first-order valence-corrected chi connectivity index (χ1v) is 6.69. The van der Waals surface area contributed by atoms with E-state index in [9.17, 15) is 19.3 Å². The number of hydrogen-bond acceptors (Lipinski definition) is 3. The molecule has 0 aliphatic heterocycles. The van der Waals surface area contributed by atoms with E-state index >= 15 is 0 Å². The average Bonchev–Trinajstić information content (AvgIpc) is 2.41. The van der Waals surface area contributed by atoms with Gasteiger partial charge in [-0.15, -0.1) is 0 Å². The van der Waals surface area contributed by atoms with Gasteiger partial charge in [0.25, 0.3) is 11.6 Å². The number of nitro benzene ring substituents is 1. The number of amides is 1. The molecule has 2 aromatic carbocycles. The Bertz CT molecular complexity index is 734. The first-order chi connectivity index (χ1) is 9.88. The summed E-state index contributed by atoms with van der Waals surface area (Å²) in [6.45, 7) is 1.78. The van der Waals surface area contributed by atoms with Crippen molar-refractivity contribution in [3.63, 3.8) is 0 Å². The van der Waals surface area contributed by atoms with Crippen molar-refractivity contribution >= 4 is 33.2 Å². The highest BCUT2D eigenvalue weighted by molar-refractivity contribution is 9.10. The van der Waals surface area contributed by atoms with Gasteiger partial charge in [-0.2, -0.15) is 0 Å². The summed E-state index contributed by atoms with van der Waals surface area (Å²) in [5, 5.41) is 13.4. The number of benzene rings is 2. The summed E-state index contributed by atoms with van der Waals surface area (Å²) in [6.07, 6.45) is 0. The van der Waals surface area contributed by atoms with Crippen LogP contribution in [0.3, 0.4) is 0 Å². The number of anilines is 1. The van der Waals surface area contributed by atoms with Gasteiger partial charge in [-0.3, -0.25) is 14.9 Å². The van der Waals surface area contributed by atoms with Gasteiger partial charge >= 0.3 is 0 Å². The molecule has 0 atom stereocenters. The second-order valence-corrected chi connectivity index (χ2v) is 5.25. The lowest BCUT2D eigenvalue weighted by molar-refractivity contribution is -0.385. The minimum Gasteiger partial charge on any atom is -0.322 e. The number of carbonyl (C=O) groups is 1. The third-order valence-electron chi connectivity index (χ3n) is 2.84. The van der Waals surface area contributed by atoms with E-state index in [1.807, 2.05) is 0 Å². The summed E-state index contributed by atoms with van der Waals surface area (Å²) in [6, 6.07) is 7.93. The third-order valence-corrected chi connectivity index (χ3v) is 3.33. The molecule has 0 aromatic heterocycles. The van der Waals surface area contributed by atoms with Gasteiger partial charge in [0.05, 0.1) is 4.92 Å². The summed E-state index contributed by atoms with van der Waals surface area (Å²) in [5.74, 6) is -1.44. The maximum absolute atomic E-state index is 13.2. The highest BCUT2D eigenvalue weighted by Gasteiger charge is 2.21. The first-order valence-electron chi connectivity index (χ1n) is 5.90. The van der Waals surface area contributed by atoms with Crippen LogP contribution in [0.5, 0.6) is 0 Å². The highest BCUT2D eigenvalue weighted by Crippen LogP contribution is 2.24. The Morgan fingerprint density at radius 2 is 2.00 bits per heavy atom. The highest BCUT2D eigenvalue weighted by atomic mass is 79.9. The normalized spacial score (nSPS) is 10.2. The zero-order valence-electron chi connectivity index (χ0n) is 10.9. The van der Waals surface area contributed by atoms with E-state index in [4.69, 9.17) is 0 Å². The molecule has 1 amide bonds. The van der Waals surface area contributed by atoms with E-state index < -0.39 is 22.3 Å². The number of nitro groups is 1. The van der Waals surface area contributed by atoms with Crippen molar-refractivity contribution in [2.24, 2.45) is 0 Å². The summed E-state index contributed by atoms with van der Waals surface area (Å²) in [7, 11) is 0. The van der Waals surface area contributed by atoms with E-state index in [0.29, 0.717) is 5.69 Å².